The van der Waals surface area contributed by atoms with Gasteiger partial charge in [0, 0.05) is 18.3 Å². The lowest BCUT2D eigenvalue weighted by Gasteiger charge is -2.16. The van der Waals surface area contributed by atoms with Gasteiger partial charge in [-0.05, 0) is 43.5 Å². The molecule has 1 fully saturated rings. The molecule has 168 valence electrons. The number of anilines is 2. The zero-order valence-corrected chi connectivity index (χ0v) is 17.2. The number of aromatic nitrogens is 4. The Kier molecular flexibility index (Phi) is 6.43. The zero-order valence-electron chi connectivity index (χ0n) is 17.2. The molecule has 0 spiro atoms. The van der Waals surface area contributed by atoms with Gasteiger partial charge in [-0.2, -0.15) is 8.78 Å². The van der Waals surface area contributed by atoms with E-state index < -0.39 is 6.61 Å². The van der Waals surface area contributed by atoms with Crippen molar-refractivity contribution in [3.8, 4) is 17.3 Å². The quantitative estimate of drug-likeness (QED) is 0.547. The Balaban J connectivity index is 1.32. The molecule has 4 rings (SSSR count). The Morgan fingerprint density at radius 3 is 2.41 bits per heavy atom. The Labute approximate surface area is 182 Å². The fourth-order valence-corrected chi connectivity index (χ4v) is 3.65. The number of alkyl halides is 2. The summed E-state index contributed by atoms with van der Waals surface area (Å²) in [7, 11) is 1.46. The van der Waals surface area contributed by atoms with Gasteiger partial charge in [0.15, 0.2) is 5.75 Å². The van der Waals surface area contributed by atoms with Crippen molar-refractivity contribution in [1.29, 1.82) is 0 Å². The maximum atomic E-state index is 12.4. The van der Waals surface area contributed by atoms with Crippen LogP contribution in [0.3, 0.4) is 0 Å². The average Bonchev–Trinajstić information content (AvgIpc) is 3.22. The van der Waals surface area contributed by atoms with Crippen LogP contribution < -0.4 is 25.7 Å². The van der Waals surface area contributed by atoms with Gasteiger partial charge in [-0.25, -0.2) is 15.0 Å². The van der Waals surface area contributed by atoms with Crippen molar-refractivity contribution in [2.75, 3.05) is 17.7 Å². The van der Waals surface area contributed by atoms with E-state index in [9.17, 15) is 13.6 Å². The second-order valence-electron chi connectivity index (χ2n) is 7.27. The van der Waals surface area contributed by atoms with Gasteiger partial charge in [0.2, 0.25) is 5.88 Å². The fourth-order valence-electron chi connectivity index (χ4n) is 3.65. The van der Waals surface area contributed by atoms with Crippen LogP contribution >= 0.6 is 0 Å². The molecule has 3 aromatic rings. The average molecular weight is 444 g/mol. The van der Waals surface area contributed by atoms with Crippen molar-refractivity contribution in [3.05, 3.63) is 59.4 Å². The molecule has 2 atom stereocenters. The minimum atomic E-state index is -2.93. The van der Waals surface area contributed by atoms with Gasteiger partial charge in [-0.15, -0.1) is 0 Å². The fraction of sp³-hybridized carbons (Fsp3) is 0.333. The lowest BCUT2D eigenvalue weighted by molar-refractivity contribution is -0.0530. The summed E-state index contributed by atoms with van der Waals surface area (Å²) in [5.74, 6) is 1.26. The SMILES string of the molecule is COc1cccn(-c2ccc(N[C@H]3CC[C@H](Nc4cnc(OC(F)F)cn4)C3)nc2)c1=O. The van der Waals surface area contributed by atoms with Crippen LogP contribution in [0.2, 0.25) is 0 Å². The van der Waals surface area contributed by atoms with Gasteiger partial charge in [0.05, 0.1) is 31.4 Å². The maximum Gasteiger partial charge on any atom is 0.388 e. The van der Waals surface area contributed by atoms with Gasteiger partial charge >= 0.3 is 6.61 Å². The molecule has 0 saturated heterocycles. The molecule has 2 N–H and O–H groups in total. The number of ether oxygens (including phenoxy) is 2. The number of halogens is 2. The first-order chi connectivity index (χ1) is 15.5. The lowest BCUT2D eigenvalue weighted by Crippen LogP contribution is -2.22. The molecule has 0 aromatic carbocycles. The molecular formula is C21H22F2N6O3. The molecule has 0 amide bonds. The Bertz CT molecular complexity index is 1090. The zero-order chi connectivity index (χ0) is 22.5. The highest BCUT2D eigenvalue weighted by molar-refractivity contribution is 5.43. The maximum absolute atomic E-state index is 12.4. The number of pyridine rings is 2. The molecule has 3 aromatic heterocycles. The van der Waals surface area contributed by atoms with E-state index in [0.29, 0.717) is 17.3 Å². The van der Waals surface area contributed by atoms with Crippen LogP contribution in [0.5, 0.6) is 11.6 Å². The highest BCUT2D eigenvalue weighted by Crippen LogP contribution is 2.25. The van der Waals surface area contributed by atoms with Crippen LogP contribution in [0.1, 0.15) is 19.3 Å². The molecule has 1 aliphatic rings. The second kappa shape index (κ2) is 9.58. The summed E-state index contributed by atoms with van der Waals surface area (Å²) in [6.07, 6.45) is 8.50. The Morgan fingerprint density at radius 2 is 1.78 bits per heavy atom. The molecule has 3 heterocycles. The Hall–Kier alpha value is -3.76. The predicted octanol–water partition coefficient (Wildman–Crippen LogP) is 3.08. The summed E-state index contributed by atoms with van der Waals surface area (Å²) >= 11 is 0. The van der Waals surface area contributed by atoms with E-state index in [1.807, 2.05) is 12.1 Å². The van der Waals surface area contributed by atoms with Crippen LogP contribution in [0.15, 0.2) is 53.8 Å². The van der Waals surface area contributed by atoms with E-state index in [1.165, 1.54) is 17.9 Å². The molecule has 0 aliphatic heterocycles. The number of nitrogens with zero attached hydrogens (tertiary/aromatic N) is 4. The second-order valence-corrected chi connectivity index (χ2v) is 7.27. The highest BCUT2D eigenvalue weighted by Gasteiger charge is 2.25. The minimum Gasteiger partial charge on any atom is -0.491 e. The smallest absolute Gasteiger partial charge is 0.388 e. The van der Waals surface area contributed by atoms with Gasteiger partial charge in [-0.1, -0.05) is 0 Å². The first kappa shape index (κ1) is 21.5. The van der Waals surface area contributed by atoms with E-state index in [0.717, 1.165) is 25.5 Å². The third kappa shape index (κ3) is 5.10. The van der Waals surface area contributed by atoms with Crippen molar-refractivity contribution in [1.82, 2.24) is 19.5 Å². The van der Waals surface area contributed by atoms with Crippen LogP contribution in [0.25, 0.3) is 5.69 Å². The van der Waals surface area contributed by atoms with Crippen LogP contribution in [-0.4, -0.2) is 45.3 Å². The number of hydrogen-bond acceptors (Lipinski definition) is 8. The van der Waals surface area contributed by atoms with Crippen molar-refractivity contribution in [2.24, 2.45) is 0 Å². The molecule has 0 radical (unpaired) electrons. The third-order valence-corrected chi connectivity index (χ3v) is 5.13. The van der Waals surface area contributed by atoms with E-state index in [1.54, 1.807) is 24.5 Å². The van der Waals surface area contributed by atoms with Crippen molar-refractivity contribution < 1.29 is 18.3 Å². The standard InChI is InChI=1S/C21H22F2N6O3/c1-31-16-3-2-8-29(20(16)30)15-6-7-17(24-10-15)27-13-4-5-14(9-13)28-18-11-26-19(12-25-18)32-21(22)23/h2-3,6-8,10-14,21H,4-5,9H2,1H3,(H,24,27)(H,25,28)/t13-,14-/m0/s1. The topological polar surface area (TPSA) is 103 Å². The van der Waals surface area contributed by atoms with Gasteiger partial charge in [0.25, 0.3) is 5.56 Å². The number of hydrogen-bond donors (Lipinski definition) is 2. The molecular weight excluding hydrogens is 422 g/mol. The molecule has 0 bridgehead atoms. The molecule has 1 saturated carbocycles. The van der Waals surface area contributed by atoms with Gasteiger partial charge < -0.3 is 20.1 Å². The van der Waals surface area contributed by atoms with Crippen LogP contribution in [0, 0.1) is 0 Å². The summed E-state index contributed by atoms with van der Waals surface area (Å²) in [5, 5.41) is 6.66. The van der Waals surface area contributed by atoms with Crippen LogP contribution in [-0.2, 0) is 0 Å². The van der Waals surface area contributed by atoms with Crippen molar-refractivity contribution in [3.63, 3.8) is 0 Å². The summed E-state index contributed by atoms with van der Waals surface area (Å²) in [6.45, 7) is -2.93. The summed E-state index contributed by atoms with van der Waals surface area (Å²) in [5.41, 5.74) is 0.391. The monoisotopic (exact) mass is 444 g/mol. The van der Waals surface area contributed by atoms with Gasteiger partial charge in [0.1, 0.15) is 11.6 Å². The minimum absolute atomic E-state index is 0.165. The predicted molar refractivity (Wildman–Crippen MR) is 114 cm³/mol. The summed E-state index contributed by atoms with van der Waals surface area (Å²) in [4.78, 5) is 24.7. The summed E-state index contributed by atoms with van der Waals surface area (Å²) in [6, 6.07) is 7.37. The third-order valence-electron chi connectivity index (χ3n) is 5.13. The number of rotatable bonds is 8. The number of methoxy groups -OCH3 is 1. The number of nitrogens with one attached hydrogen (secondary N) is 2. The summed E-state index contributed by atoms with van der Waals surface area (Å²) < 4.78 is 35.1. The van der Waals surface area contributed by atoms with Crippen molar-refractivity contribution >= 4 is 11.6 Å². The largest absolute Gasteiger partial charge is 0.491 e. The van der Waals surface area contributed by atoms with E-state index >= 15 is 0 Å². The molecule has 1 aliphatic carbocycles. The molecule has 32 heavy (non-hydrogen) atoms. The van der Waals surface area contributed by atoms with Crippen molar-refractivity contribution in [2.45, 2.75) is 38.0 Å². The normalized spacial score (nSPS) is 17.9. The first-order valence-corrected chi connectivity index (χ1v) is 10.0. The molecule has 9 nitrogen and oxygen atoms in total. The first-order valence-electron chi connectivity index (χ1n) is 10.0. The van der Waals surface area contributed by atoms with E-state index in [-0.39, 0.29) is 29.3 Å². The van der Waals surface area contributed by atoms with Gasteiger partial charge in [-0.3, -0.25) is 9.36 Å². The van der Waals surface area contributed by atoms with Crippen LogP contribution in [0.4, 0.5) is 20.4 Å². The molecule has 11 heteroatoms. The van der Waals surface area contributed by atoms with E-state index in [2.05, 4.69) is 30.3 Å². The van der Waals surface area contributed by atoms with E-state index in [4.69, 9.17) is 4.74 Å². The highest BCUT2D eigenvalue weighted by atomic mass is 19.3. The Morgan fingerprint density at radius 1 is 1.03 bits per heavy atom. The molecule has 0 unspecified atom stereocenters. The lowest BCUT2D eigenvalue weighted by atomic mass is 10.2.